The predicted molar refractivity (Wildman–Crippen MR) is 83.2 cm³/mol. The van der Waals surface area contributed by atoms with Gasteiger partial charge in [0, 0.05) is 23.9 Å². The normalized spacial score (nSPS) is 13.7. The lowest BCUT2D eigenvalue weighted by molar-refractivity contribution is 0.220. The highest BCUT2D eigenvalue weighted by molar-refractivity contribution is 7.03. The van der Waals surface area contributed by atoms with E-state index >= 15 is 0 Å². The van der Waals surface area contributed by atoms with Crippen molar-refractivity contribution in [3.05, 3.63) is 28.8 Å². The topological polar surface area (TPSA) is 80.2 Å². The lowest BCUT2D eigenvalue weighted by atomic mass is 10.3. The van der Waals surface area contributed by atoms with Crippen molar-refractivity contribution in [3.63, 3.8) is 0 Å². The van der Waals surface area contributed by atoms with Crippen molar-refractivity contribution in [2.75, 3.05) is 19.5 Å². The van der Waals surface area contributed by atoms with E-state index in [4.69, 9.17) is 4.74 Å². The maximum atomic E-state index is 12.2. The minimum Gasteiger partial charge on any atom is -0.480 e. The number of ether oxygens (including phenoxy) is 1. The molecule has 1 aliphatic rings. The molecule has 22 heavy (non-hydrogen) atoms. The van der Waals surface area contributed by atoms with Gasteiger partial charge in [0.05, 0.1) is 19.3 Å². The summed E-state index contributed by atoms with van der Waals surface area (Å²) in [4.78, 5) is 13.7. The average molecular weight is 319 g/mol. The van der Waals surface area contributed by atoms with E-state index in [9.17, 15) is 4.79 Å². The van der Waals surface area contributed by atoms with Crippen molar-refractivity contribution in [2.45, 2.75) is 25.3 Å². The van der Waals surface area contributed by atoms with E-state index < -0.39 is 0 Å². The van der Waals surface area contributed by atoms with Gasteiger partial charge < -0.3 is 9.64 Å². The van der Waals surface area contributed by atoms with Crippen molar-refractivity contribution < 1.29 is 9.53 Å². The molecule has 1 saturated carbocycles. The van der Waals surface area contributed by atoms with Crippen molar-refractivity contribution in [1.29, 1.82) is 0 Å². The number of nitrogens with one attached hydrogen (secondary N) is 1. The highest BCUT2D eigenvalue weighted by Crippen LogP contribution is 2.38. The zero-order valence-electron chi connectivity index (χ0n) is 12.4. The Morgan fingerprint density at radius 1 is 1.45 bits per heavy atom. The zero-order chi connectivity index (χ0) is 15.5. The number of hydrogen-bond acceptors (Lipinski definition) is 6. The summed E-state index contributed by atoms with van der Waals surface area (Å²) in [5, 5.41) is 12.8. The van der Waals surface area contributed by atoms with Gasteiger partial charge in [0.15, 0.2) is 5.82 Å². The van der Waals surface area contributed by atoms with Gasteiger partial charge in [-0.15, -0.1) is 5.10 Å². The Morgan fingerprint density at radius 2 is 2.27 bits per heavy atom. The van der Waals surface area contributed by atoms with Crippen molar-refractivity contribution in [1.82, 2.24) is 19.5 Å². The molecule has 0 atom stereocenters. The van der Waals surface area contributed by atoms with Gasteiger partial charge in [-0.2, -0.15) is 9.47 Å². The highest BCUT2D eigenvalue weighted by Gasteiger charge is 2.25. The van der Waals surface area contributed by atoms with Crippen LogP contribution in [0.3, 0.4) is 0 Å². The quantitative estimate of drug-likeness (QED) is 0.916. The number of aromatic nitrogens is 3. The number of methoxy groups -OCH3 is 1. The Kier molecular flexibility index (Phi) is 4.19. The van der Waals surface area contributed by atoms with Gasteiger partial charge in [0.1, 0.15) is 0 Å². The molecule has 2 aromatic heterocycles. The Bertz CT molecular complexity index is 654. The number of carbonyl (C=O) groups is 1. The third-order valence-corrected chi connectivity index (χ3v) is 4.13. The number of amides is 2. The molecule has 1 aliphatic carbocycles. The minimum atomic E-state index is -0.248. The largest absolute Gasteiger partial charge is 0.480 e. The summed E-state index contributed by atoms with van der Waals surface area (Å²) in [7, 11) is 3.27. The molecule has 8 heteroatoms. The summed E-state index contributed by atoms with van der Waals surface area (Å²) in [5.74, 6) is 1.56. The lowest BCUT2D eigenvalue weighted by Gasteiger charge is -2.17. The molecule has 0 unspecified atom stereocenters. The van der Waals surface area contributed by atoms with Gasteiger partial charge in [0.25, 0.3) is 0 Å². The first-order valence-electron chi connectivity index (χ1n) is 7.00. The van der Waals surface area contributed by atoms with Gasteiger partial charge in [-0.1, -0.05) is 0 Å². The van der Waals surface area contributed by atoms with Crippen LogP contribution >= 0.6 is 11.5 Å². The third-order valence-electron chi connectivity index (χ3n) is 3.47. The van der Waals surface area contributed by atoms with Crippen LogP contribution in [0.15, 0.2) is 17.5 Å². The van der Waals surface area contributed by atoms with Crippen LogP contribution < -0.4 is 10.1 Å². The summed E-state index contributed by atoms with van der Waals surface area (Å²) in [6.07, 6.45) is 2.36. The number of rotatable bonds is 5. The molecule has 7 nitrogen and oxygen atoms in total. The zero-order valence-corrected chi connectivity index (χ0v) is 13.3. The molecule has 0 saturated heterocycles. The van der Waals surface area contributed by atoms with E-state index in [1.54, 1.807) is 25.1 Å². The summed E-state index contributed by atoms with van der Waals surface area (Å²) < 4.78 is 9.25. The third kappa shape index (κ3) is 3.33. The van der Waals surface area contributed by atoms with Crippen molar-refractivity contribution >= 4 is 23.4 Å². The van der Waals surface area contributed by atoms with E-state index in [-0.39, 0.29) is 6.03 Å². The molecule has 0 bridgehead atoms. The van der Waals surface area contributed by atoms with Gasteiger partial charge in [-0.25, -0.2) is 4.79 Å². The van der Waals surface area contributed by atoms with Crippen LogP contribution in [-0.2, 0) is 6.54 Å². The van der Waals surface area contributed by atoms with Gasteiger partial charge in [-0.3, -0.25) is 5.32 Å². The summed E-state index contributed by atoms with van der Waals surface area (Å²) in [5.41, 5.74) is 1.88. The smallest absolute Gasteiger partial charge is 0.323 e. The molecule has 0 aromatic carbocycles. The van der Waals surface area contributed by atoms with Gasteiger partial charge in [0.2, 0.25) is 5.88 Å². The molecule has 2 aromatic rings. The number of carbonyl (C=O) groups excluding carboxylic acids is 1. The number of anilines is 1. The van der Waals surface area contributed by atoms with E-state index in [2.05, 4.69) is 19.9 Å². The van der Waals surface area contributed by atoms with Crippen LogP contribution in [0.2, 0.25) is 0 Å². The Hall–Kier alpha value is -2.22. The fourth-order valence-corrected chi connectivity index (χ4v) is 2.70. The molecule has 2 amide bonds. The number of hydrogen-bond donors (Lipinski definition) is 1. The summed E-state index contributed by atoms with van der Waals surface area (Å²) in [6, 6.07) is 3.47. The summed E-state index contributed by atoms with van der Waals surface area (Å²) in [6.45, 7) is 0.416. The van der Waals surface area contributed by atoms with Gasteiger partial charge >= 0.3 is 6.03 Å². The second-order valence-electron chi connectivity index (χ2n) is 5.25. The molecular weight excluding hydrogens is 302 g/mol. The molecule has 1 N–H and O–H groups in total. The summed E-state index contributed by atoms with van der Waals surface area (Å²) >= 11 is 1.30. The monoisotopic (exact) mass is 319 g/mol. The molecular formula is C14H17N5O2S. The molecule has 0 radical (unpaired) electrons. The second-order valence-corrected chi connectivity index (χ2v) is 5.88. The molecule has 116 valence electrons. The van der Waals surface area contributed by atoms with Crippen LogP contribution in [0.25, 0.3) is 0 Å². The van der Waals surface area contributed by atoms with E-state index in [0.29, 0.717) is 24.2 Å². The Balaban J connectivity index is 1.58. The first-order chi connectivity index (χ1) is 10.7. The van der Waals surface area contributed by atoms with Crippen LogP contribution in [0.4, 0.5) is 10.6 Å². The predicted octanol–water partition coefficient (Wildman–Crippen LogP) is 2.48. The van der Waals surface area contributed by atoms with Crippen molar-refractivity contribution in [2.24, 2.45) is 0 Å². The standard InChI is InChI=1S/C14H17N5O2S/c1-19(7-10-8-22-18-13(10)21-2)14(20)15-12-6-5-11(16-17-12)9-3-4-9/h5-6,8-9H,3-4,7H2,1-2H3,(H,15,17,20). The average Bonchev–Trinajstić information content (AvgIpc) is 3.28. The molecule has 2 heterocycles. The molecule has 0 aliphatic heterocycles. The van der Waals surface area contributed by atoms with Crippen LogP contribution in [0.5, 0.6) is 5.88 Å². The molecule has 1 fully saturated rings. The van der Waals surface area contributed by atoms with Crippen LogP contribution in [0.1, 0.15) is 30.0 Å². The van der Waals surface area contributed by atoms with Crippen LogP contribution in [0, 0.1) is 0 Å². The number of urea groups is 1. The SMILES string of the molecule is COc1nscc1CN(C)C(=O)Nc1ccc(C2CC2)nn1. The maximum absolute atomic E-state index is 12.2. The minimum absolute atomic E-state index is 0.248. The van der Waals surface area contributed by atoms with E-state index in [0.717, 1.165) is 11.3 Å². The second kappa shape index (κ2) is 6.27. The lowest BCUT2D eigenvalue weighted by Crippen LogP contribution is -2.31. The Morgan fingerprint density at radius 3 is 2.91 bits per heavy atom. The molecule has 3 rings (SSSR count). The molecule has 0 spiro atoms. The van der Waals surface area contributed by atoms with Crippen molar-refractivity contribution in [3.8, 4) is 5.88 Å². The van der Waals surface area contributed by atoms with Gasteiger partial charge in [-0.05, 0) is 36.5 Å². The van der Waals surface area contributed by atoms with E-state index in [1.807, 2.05) is 11.4 Å². The highest BCUT2D eigenvalue weighted by atomic mass is 32.1. The van der Waals surface area contributed by atoms with Crippen LogP contribution in [-0.4, -0.2) is 39.7 Å². The fourth-order valence-electron chi connectivity index (χ4n) is 2.06. The first-order valence-corrected chi connectivity index (χ1v) is 7.84. The number of nitrogens with zero attached hydrogens (tertiary/aromatic N) is 4. The fraction of sp³-hybridized carbons (Fsp3) is 0.429. The van der Waals surface area contributed by atoms with E-state index in [1.165, 1.54) is 24.4 Å². The first kappa shape index (κ1) is 14.7. The Labute approximate surface area is 132 Å². The maximum Gasteiger partial charge on any atom is 0.323 e.